The lowest BCUT2D eigenvalue weighted by molar-refractivity contribution is 0.587. The Morgan fingerprint density at radius 3 is 2.72 bits per heavy atom. The minimum absolute atomic E-state index is 0.265. The van der Waals surface area contributed by atoms with E-state index in [0.717, 1.165) is 22.7 Å². The van der Waals surface area contributed by atoms with E-state index in [1.807, 2.05) is 30.5 Å². The van der Waals surface area contributed by atoms with Crippen LogP contribution in [0.25, 0.3) is 0 Å². The lowest BCUT2D eigenvalue weighted by Crippen LogP contribution is -2.02. The molecule has 0 fully saturated rings. The van der Waals surface area contributed by atoms with Gasteiger partial charge in [0.15, 0.2) is 0 Å². The molecule has 4 heteroatoms. The largest absolute Gasteiger partial charge is 0.381 e. The van der Waals surface area contributed by atoms with Crippen molar-refractivity contribution in [3.63, 3.8) is 0 Å². The van der Waals surface area contributed by atoms with Crippen LogP contribution in [0.4, 0.5) is 14.5 Å². The van der Waals surface area contributed by atoms with Crippen LogP contribution in [0.2, 0.25) is 0 Å². The first kappa shape index (κ1) is 12.9. The summed E-state index contributed by atoms with van der Waals surface area (Å²) < 4.78 is 26.4. The van der Waals surface area contributed by atoms with Gasteiger partial charge in [0.1, 0.15) is 11.6 Å². The van der Waals surface area contributed by atoms with Gasteiger partial charge in [-0.1, -0.05) is 6.07 Å². The Bertz CT molecular complexity index is 543. The van der Waals surface area contributed by atoms with Crippen LogP contribution in [0.1, 0.15) is 5.56 Å². The minimum Gasteiger partial charge on any atom is -0.381 e. The van der Waals surface area contributed by atoms with Crippen LogP contribution >= 0.6 is 11.8 Å². The molecule has 0 atom stereocenters. The van der Waals surface area contributed by atoms with Gasteiger partial charge in [0, 0.05) is 22.7 Å². The smallest absolute Gasteiger partial charge is 0.128 e. The number of rotatable bonds is 4. The SMILES string of the molecule is CSc1cccc(NCc2cc(F)ccc2F)c1. The van der Waals surface area contributed by atoms with Crippen molar-refractivity contribution in [1.29, 1.82) is 0 Å². The molecule has 0 aliphatic carbocycles. The number of hydrogen-bond acceptors (Lipinski definition) is 2. The highest BCUT2D eigenvalue weighted by atomic mass is 32.2. The standard InChI is InChI=1S/C14H13F2NS/c1-18-13-4-2-3-12(8-13)17-9-10-7-11(15)5-6-14(10)16/h2-8,17H,9H2,1H3. The van der Waals surface area contributed by atoms with E-state index in [1.54, 1.807) is 11.8 Å². The van der Waals surface area contributed by atoms with Crippen LogP contribution in [-0.4, -0.2) is 6.26 Å². The fourth-order valence-corrected chi connectivity index (χ4v) is 2.07. The topological polar surface area (TPSA) is 12.0 Å². The second kappa shape index (κ2) is 5.87. The third kappa shape index (κ3) is 3.23. The zero-order valence-corrected chi connectivity index (χ0v) is 10.7. The fraction of sp³-hybridized carbons (Fsp3) is 0.143. The first-order valence-corrected chi connectivity index (χ1v) is 6.73. The molecule has 2 aromatic rings. The van der Waals surface area contributed by atoms with E-state index in [-0.39, 0.29) is 6.54 Å². The van der Waals surface area contributed by atoms with Crippen molar-refractivity contribution in [3.05, 3.63) is 59.7 Å². The van der Waals surface area contributed by atoms with Gasteiger partial charge < -0.3 is 5.32 Å². The summed E-state index contributed by atoms with van der Waals surface area (Å²) in [7, 11) is 0. The second-order valence-corrected chi connectivity index (χ2v) is 4.70. The number of anilines is 1. The molecule has 1 nitrogen and oxygen atoms in total. The highest BCUT2D eigenvalue weighted by Crippen LogP contribution is 2.20. The molecule has 94 valence electrons. The number of hydrogen-bond donors (Lipinski definition) is 1. The molecule has 1 N–H and O–H groups in total. The summed E-state index contributed by atoms with van der Waals surface area (Å²) in [4.78, 5) is 1.12. The van der Waals surface area contributed by atoms with Gasteiger partial charge in [0.2, 0.25) is 0 Å². The van der Waals surface area contributed by atoms with Gasteiger partial charge in [-0.25, -0.2) is 8.78 Å². The molecular weight excluding hydrogens is 252 g/mol. The molecular formula is C14H13F2NS. The molecule has 2 aromatic carbocycles. The molecule has 18 heavy (non-hydrogen) atoms. The highest BCUT2D eigenvalue weighted by molar-refractivity contribution is 7.98. The van der Waals surface area contributed by atoms with Crippen molar-refractivity contribution < 1.29 is 8.78 Å². The Morgan fingerprint density at radius 1 is 1.11 bits per heavy atom. The number of thioether (sulfide) groups is 1. The lowest BCUT2D eigenvalue weighted by Gasteiger charge is -2.08. The van der Waals surface area contributed by atoms with Gasteiger partial charge in [-0.3, -0.25) is 0 Å². The summed E-state index contributed by atoms with van der Waals surface area (Å²) in [6.07, 6.45) is 1.99. The van der Waals surface area contributed by atoms with Crippen molar-refractivity contribution in [1.82, 2.24) is 0 Å². The van der Waals surface area contributed by atoms with Gasteiger partial charge in [-0.05, 0) is 42.7 Å². The van der Waals surface area contributed by atoms with E-state index in [0.29, 0.717) is 5.56 Å². The van der Waals surface area contributed by atoms with Crippen LogP contribution < -0.4 is 5.32 Å². The summed E-state index contributed by atoms with van der Waals surface area (Å²) in [6, 6.07) is 11.3. The second-order valence-electron chi connectivity index (χ2n) is 3.82. The molecule has 0 heterocycles. The Kier molecular flexibility index (Phi) is 4.20. The van der Waals surface area contributed by atoms with Crippen LogP contribution in [0.3, 0.4) is 0 Å². The average molecular weight is 265 g/mol. The summed E-state index contributed by atoms with van der Waals surface area (Å²) in [6.45, 7) is 0.265. The first-order valence-electron chi connectivity index (χ1n) is 5.51. The molecule has 0 spiro atoms. The Hall–Kier alpha value is -1.55. The van der Waals surface area contributed by atoms with Crippen LogP contribution in [0.15, 0.2) is 47.4 Å². The molecule has 0 saturated heterocycles. The third-order valence-electron chi connectivity index (χ3n) is 2.56. The van der Waals surface area contributed by atoms with E-state index in [4.69, 9.17) is 0 Å². The predicted molar refractivity (Wildman–Crippen MR) is 71.9 cm³/mol. The van der Waals surface area contributed by atoms with E-state index < -0.39 is 11.6 Å². The average Bonchev–Trinajstić information content (AvgIpc) is 2.40. The van der Waals surface area contributed by atoms with E-state index >= 15 is 0 Å². The molecule has 0 aliphatic rings. The highest BCUT2D eigenvalue weighted by Gasteiger charge is 2.03. The maximum atomic E-state index is 13.4. The van der Waals surface area contributed by atoms with E-state index in [9.17, 15) is 8.78 Å². The Balaban J connectivity index is 2.08. The molecule has 0 bridgehead atoms. The van der Waals surface area contributed by atoms with E-state index in [1.165, 1.54) is 6.07 Å². The van der Waals surface area contributed by atoms with Crippen LogP contribution in [-0.2, 0) is 6.54 Å². The van der Waals surface area contributed by atoms with Crippen molar-refractivity contribution in [3.8, 4) is 0 Å². The number of halogens is 2. The van der Waals surface area contributed by atoms with Gasteiger partial charge in [-0.15, -0.1) is 11.8 Å². The summed E-state index contributed by atoms with van der Waals surface area (Å²) in [5, 5.41) is 3.08. The third-order valence-corrected chi connectivity index (χ3v) is 3.29. The first-order chi connectivity index (χ1) is 8.69. The Labute approximate surface area is 109 Å². The molecule has 0 unspecified atom stereocenters. The van der Waals surface area contributed by atoms with Crippen molar-refractivity contribution in [2.24, 2.45) is 0 Å². The van der Waals surface area contributed by atoms with Gasteiger partial charge >= 0.3 is 0 Å². The zero-order chi connectivity index (χ0) is 13.0. The number of benzene rings is 2. The zero-order valence-electron chi connectivity index (χ0n) is 9.91. The lowest BCUT2D eigenvalue weighted by atomic mass is 10.2. The molecule has 0 amide bonds. The van der Waals surface area contributed by atoms with Crippen LogP contribution in [0, 0.1) is 11.6 Å². The summed E-state index contributed by atoms with van der Waals surface area (Å²) in [5.41, 5.74) is 1.22. The molecule has 0 saturated carbocycles. The molecule has 2 rings (SSSR count). The fourth-order valence-electron chi connectivity index (χ4n) is 1.61. The maximum absolute atomic E-state index is 13.4. The Morgan fingerprint density at radius 2 is 1.94 bits per heavy atom. The molecule has 0 aromatic heterocycles. The van der Waals surface area contributed by atoms with Crippen LogP contribution in [0.5, 0.6) is 0 Å². The normalized spacial score (nSPS) is 10.4. The van der Waals surface area contributed by atoms with Gasteiger partial charge in [0.25, 0.3) is 0 Å². The monoisotopic (exact) mass is 265 g/mol. The quantitative estimate of drug-likeness (QED) is 0.827. The van der Waals surface area contributed by atoms with Crippen molar-refractivity contribution in [2.45, 2.75) is 11.4 Å². The maximum Gasteiger partial charge on any atom is 0.128 e. The van der Waals surface area contributed by atoms with Crippen molar-refractivity contribution >= 4 is 17.4 Å². The minimum atomic E-state index is -0.425. The van der Waals surface area contributed by atoms with E-state index in [2.05, 4.69) is 5.32 Å². The molecule has 0 radical (unpaired) electrons. The summed E-state index contributed by atoms with van der Waals surface area (Å²) >= 11 is 1.64. The predicted octanol–water partition coefficient (Wildman–Crippen LogP) is 4.30. The molecule has 0 aliphatic heterocycles. The summed E-state index contributed by atoms with van der Waals surface area (Å²) in [5.74, 6) is -0.823. The van der Waals surface area contributed by atoms with Gasteiger partial charge in [0.05, 0.1) is 0 Å². The van der Waals surface area contributed by atoms with Gasteiger partial charge in [-0.2, -0.15) is 0 Å². The number of nitrogens with one attached hydrogen (secondary N) is 1. The van der Waals surface area contributed by atoms with Crippen molar-refractivity contribution in [2.75, 3.05) is 11.6 Å².